The maximum Gasteiger partial charge on any atom is 0.456 e. The minimum atomic E-state index is -4.12. The maximum atomic E-state index is 9.73. The van der Waals surface area contributed by atoms with Gasteiger partial charge in [-0.05, 0) is 60.1 Å². The van der Waals surface area contributed by atoms with E-state index in [0.717, 1.165) is 0 Å². The van der Waals surface area contributed by atoms with E-state index < -0.39 is 8.85 Å². The van der Waals surface area contributed by atoms with Gasteiger partial charge in [0.25, 0.3) is 0 Å². The quantitative estimate of drug-likeness (QED) is 0.0498. The highest BCUT2D eigenvalue weighted by Gasteiger charge is 2.17. The van der Waals surface area contributed by atoms with E-state index in [1.54, 1.807) is 7.14 Å². The molecule has 0 fully saturated rings. The van der Waals surface area contributed by atoms with Crippen molar-refractivity contribution in [1.82, 2.24) is 0 Å². The molecule has 0 aromatic heterocycles. The predicted molar refractivity (Wildman–Crippen MR) is 172 cm³/mol. The van der Waals surface area contributed by atoms with Crippen molar-refractivity contribution in [3.63, 3.8) is 0 Å². The van der Waals surface area contributed by atoms with E-state index in [-0.39, 0.29) is 25.9 Å². The van der Waals surface area contributed by atoms with Crippen molar-refractivity contribution in [2.75, 3.05) is 0 Å². The van der Waals surface area contributed by atoms with Gasteiger partial charge in [0.05, 0.1) is 0 Å². The van der Waals surface area contributed by atoms with Crippen LogP contribution in [0, 0.1) is 7.14 Å². The van der Waals surface area contributed by atoms with Crippen molar-refractivity contribution in [3.05, 3.63) is 66.8 Å². The molecule has 0 aliphatic rings. The van der Waals surface area contributed by atoms with Gasteiger partial charge in [-0.1, -0.05) is 155 Å². The topological polar surface area (TPSA) is 0 Å². The van der Waals surface area contributed by atoms with E-state index in [2.05, 4.69) is 76.2 Å². The Bertz CT molecular complexity index is 774. The number of hydrogen-bond donors (Lipinski definition) is 0. The standard InChI is InChI=1S/C36H58I.F3P.FH/c1-5-7-9-11-13-15-17-19-21-31(3)33-23-27-35(28-24-33)37-36-29-25-34(26-30-36)32(4)22-20-18-16-14-12-10-8-6-2;1-4(2)3;/h23-32H,5-22H2,1-4H3;;1H/q+1;;/p-1. The Labute approximate surface area is 268 Å². The van der Waals surface area contributed by atoms with Crippen LogP contribution in [0.3, 0.4) is 0 Å². The molecule has 242 valence electrons. The van der Waals surface area contributed by atoms with Gasteiger partial charge >= 0.3 is 30.1 Å². The summed E-state index contributed by atoms with van der Waals surface area (Å²) in [5.74, 6) is 1.38. The van der Waals surface area contributed by atoms with E-state index in [1.165, 1.54) is 127 Å². The summed E-state index contributed by atoms with van der Waals surface area (Å²) in [5.41, 5.74) is 3.06. The van der Waals surface area contributed by atoms with Crippen LogP contribution >= 0.6 is 8.85 Å². The Balaban J connectivity index is 0.00000315. The SMILES string of the molecule is CCCCCCCCCCC(C)c1ccc([I+]c2ccc(C(C)CCCCCCCCCC)cc2)cc1.FP(F)F.[F-]. The fourth-order valence-corrected chi connectivity index (χ4v) is 7.49. The highest BCUT2D eigenvalue weighted by molar-refractivity contribution is 7.40. The third kappa shape index (κ3) is 21.9. The summed E-state index contributed by atoms with van der Waals surface area (Å²) < 4.78 is 32.3. The van der Waals surface area contributed by atoms with Crippen molar-refractivity contribution < 1.29 is 38.5 Å². The minimum absolute atomic E-state index is 0. The molecule has 0 heterocycles. The lowest BCUT2D eigenvalue weighted by atomic mass is 9.95. The van der Waals surface area contributed by atoms with Crippen LogP contribution < -0.4 is 25.9 Å². The summed E-state index contributed by atoms with van der Waals surface area (Å²) in [7, 11) is -4.12. The zero-order chi connectivity index (χ0) is 30.1. The first-order valence-corrected chi connectivity index (χ1v) is 19.7. The van der Waals surface area contributed by atoms with Gasteiger partial charge in [0.2, 0.25) is 0 Å². The highest BCUT2D eigenvalue weighted by Crippen LogP contribution is 2.39. The Kier molecular flexibility index (Phi) is 27.4. The number of halogens is 5. The molecule has 2 atom stereocenters. The van der Waals surface area contributed by atoms with Gasteiger partial charge < -0.3 is 4.70 Å². The largest absolute Gasteiger partial charge is 1.00 e. The molecule has 0 bridgehead atoms. The first kappa shape index (κ1) is 41.3. The first-order chi connectivity index (χ1) is 19.9. The minimum Gasteiger partial charge on any atom is -1.00 e. The van der Waals surface area contributed by atoms with Crippen molar-refractivity contribution in [2.45, 2.75) is 155 Å². The molecule has 0 saturated carbocycles. The average molecular weight is 725 g/mol. The molecular weight excluding hydrogens is 666 g/mol. The van der Waals surface area contributed by atoms with E-state index in [0.29, 0.717) is 11.8 Å². The van der Waals surface area contributed by atoms with Gasteiger partial charge in [-0.3, -0.25) is 0 Å². The summed E-state index contributed by atoms with van der Waals surface area (Å²) in [6.07, 6.45) is 25.3. The van der Waals surface area contributed by atoms with Crippen molar-refractivity contribution in [1.29, 1.82) is 0 Å². The molecule has 0 amide bonds. The zero-order valence-electron chi connectivity index (χ0n) is 26.8. The molecular formula is C36H58F4IP. The summed E-state index contributed by atoms with van der Waals surface area (Å²) in [6, 6.07) is 19.3. The van der Waals surface area contributed by atoms with Gasteiger partial charge in [0, 0.05) is 0 Å². The summed E-state index contributed by atoms with van der Waals surface area (Å²) in [4.78, 5) is 0. The van der Waals surface area contributed by atoms with E-state index >= 15 is 0 Å². The molecule has 0 spiro atoms. The fraction of sp³-hybridized carbons (Fsp3) is 0.667. The summed E-state index contributed by atoms with van der Waals surface area (Å²) in [6.45, 7) is 9.43. The number of hydrogen-bond acceptors (Lipinski definition) is 0. The van der Waals surface area contributed by atoms with Crippen LogP contribution in [0.25, 0.3) is 0 Å². The van der Waals surface area contributed by atoms with Crippen molar-refractivity contribution in [2.24, 2.45) is 0 Å². The van der Waals surface area contributed by atoms with Crippen LogP contribution in [-0.4, -0.2) is 0 Å². The molecule has 0 radical (unpaired) electrons. The normalized spacial score (nSPS) is 12.4. The van der Waals surface area contributed by atoms with Crippen molar-refractivity contribution >= 4 is 8.85 Å². The lowest BCUT2D eigenvalue weighted by Gasteiger charge is -2.12. The molecule has 2 rings (SSSR count). The summed E-state index contributed by atoms with van der Waals surface area (Å²) in [5, 5.41) is 0. The fourth-order valence-electron chi connectivity index (χ4n) is 5.34. The summed E-state index contributed by atoms with van der Waals surface area (Å²) >= 11 is -0.0839. The molecule has 0 aliphatic carbocycles. The van der Waals surface area contributed by atoms with Gasteiger partial charge in [-0.2, -0.15) is 12.6 Å². The van der Waals surface area contributed by atoms with Gasteiger partial charge in [0.15, 0.2) is 7.14 Å². The molecule has 0 saturated heterocycles. The van der Waals surface area contributed by atoms with Gasteiger partial charge in [-0.15, -0.1) is 0 Å². The van der Waals surface area contributed by atoms with Crippen LogP contribution in [0.4, 0.5) is 12.6 Å². The van der Waals surface area contributed by atoms with Crippen LogP contribution in [-0.2, 0) is 0 Å². The van der Waals surface area contributed by atoms with Gasteiger partial charge in [0.1, 0.15) is 0 Å². The highest BCUT2D eigenvalue weighted by atomic mass is 127. The number of benzene rings is 2. The first-order valence-electron chi connectivity index (χ1n) is 16.5. The van der Waals surface area contributed by atoms with Crippen LogP contribution in [0.2, 0.25) is 0 Å². The van der Waals surface area contributed by atoms with Crippen LogP contribution in [0.5, 0.6) is 0 Å². The molecule has 2 aromatic carbocycles. The molecule has 2 aromatic rings. The third-order valence-electron chi connectivity index (χ3n) is 8.08. The second-order valence-electron chi connectivity index (χ2n) is 11.7. The maximum absolute atomic E-state index is 9.73. The second kappa shape index (κ2) is 27.8. The zero-order valence-corrected chi connectivity index (χ0v) is 29.9. The Morgan fingerprint density at radius 3 is 1.05 bits per heavy atom. The molecule has 0 N–H and O–H groups in total. The lowest BCUT2D eigenvalue weighted by Crippen LogP contribution is -3.61. The molecule has 2 unspecified atom stereocenters. The van der Waals surface area contributed by atoms with Crippen LogP contribution in [0.15, 0.2) is 48.5 Å². The second-order valence-corrected chi connectivity index (χ2v) is 15.1. The lowest BCUT2D eigenvalue weighted by molar-refractivity contribution is -0.597. The Morgan fingerprint density at radius 1 is 0.500 bits per heavy atom. The molecule has 0 nitrogen and oxygen atoms in total. The molecule has 42 heavy (non-hydrogen) atoms. The average Bonchev–Trinajstić information content (AvgIpc) is 2.96. The Morgan fingerprint density at radius 2 is 0.762 bits per heavy atom. The Hall–Kier alpha value is -0.680. The number of unbranched alkanes of at least 4 members (excludes halogenated alkanes) is 14. The van der Waals surface area contributed by atoms with Crippen molar-refractivity contribution in [3.8, 4) is 0 Å². The number of rotatable bonds is 22. The molecule has 6 heteroatoms. The monoisotopic (exact) mass is 724 g/mol. The molecule has 0 aliphatic heterocycles. The van der Waals surface area contributed by atoms with E-state index in [9.17, 15) is 12.6 Å². The smallest absolute Gasteiger partial charge is 0.456 e. The van der Waals surface area contributed by atoms with E-state index in [4.69, 9.17) is 0 Å². The van der Waals surface area contributed by atoms with E-state index in [1.807, 2.05) is 0 Å². The van der Waals surface area contributed by atoms with Gasteiger partial charge in [-0.25, -0.2) is 0 Å². The third-order valence-corrected chi connectivity index (χ3v) is 10.8. The van der Waals surface area contributed by atoms with Crippen LogP contribution in [0.1, 0.15) is 166 Å². The predicted octanol–water partition coefficient (Wildman–Crippen LogP) is 8.21.